The minimum Gasteiger partial charge on any atom is -0.329 e. The van der Waals surface area contributed by atoms with E-state index >= 15 is 0 Å². The number of hydrogen-bond acceptors (Lipinski definition) is 3. The van der Waals surface area contributed by atoms with Crippen LogP contribution in [0.5, 0.6) is 0 Å². The van der Waals surface area contributed by atoms with Gasteiger partial charge in [0.15, 0.2) is 0 Å². The Morgan fingerprint density at radius 2 is 1.90 bits per heavy atom. The molecular formula is C17H27N3O. The molecule has 1 aliphatic rings. The van der Waals surface area contributed by atoms with E-state index in [4.69, 9.17) is 5.73 Å². The maximum absolute atomic E-state index is 12.3. The first-order valence-electron chi connectivity index (χ1n) is 7.70. The molecule has 4 nitrogen and oxygen atoms in total. The van der Waals surface area contributed by atoms with Crippen molar-refractivity contribution in [3.8, 4) is 0 Å². The fourth-order valence-electron chi connectivity index (χ4n) is 3.11. The summed E-state index contributed by atoms with van der Waals surface area (Å²) in [7, 11) is 1.99. The Kier molecular flexibility index (Phi) is 5.01. The molecule has 1 unspecified atom stereocenters. The van der Waals surface area contributed by atoms with Gasteiger partial charge in [-0.15, -0.1) is 0 Å². The molecule has 3 N–H and O–H groups in total. The number of amides is 1. The Bertz CT molecular complexity index is 500. The number of carbonyl (C=O) groups excluding carboxylic acids is 1. The zero-order valence-corrected chi connectivity index (χ0v) is 13.6. The molecule has 1 amide bonds. The number of likely N-dealkylation sites (N-methyl/N-ethyl adjacent to an activating group) is 1. The van der Waals surface area contributed by atoms with Gasteiger partial charge in [0.05, 0.1) is 6.54 Å². The summed E-state index contributed by atoms with van der Waals surface area (Å²) in [6.45, 7) is 7.15. The van der Waals surface area contributed by atoms with Gasteiger partial charge in [-0.2, -0.15) is 0 Å². The van der Waals surface area contributed by atoms with E-state index in [-0.39, 0.29) is 5.91 Å². The zero-order chi connectivity index (χ0) is 15.6. The van der Waals surface area contributed by atoms with Gasteiger partial charge in [-0.25, -0.2) is 0 Å². The van der Waals surface area contributed by atoms with E-state index in [2.05, 4.69) is 29.3 Å². The van der Waals surface area contributed by atoms with Gasteiger partial charge >= 0.3 is 0 Å². The van der Waals surface area contributed by atoms with Crippen molar-refractivity contribution in [3.63, 3.8) is 0 Å². The van der Waals surface area contributed by atoms with Crippen LogP contribution in [0.25, 0.3) is 0 Å². The van der Waals surface area contributed by atoms with Crippen LogP contribution in [-0.4, -0.2) is 37.0 Å². The van der Waals surface area contributed by atoms with Gasteiger partial charge in [-0.05, 0) is 57.7 Å². The van der Waals surface area contributed by atoms with Crippen molar-refractivity contribution in [3.05, 3.63) is 28.8 Å². The van der Waals surface area contributed by atoms with Gasteiger partial charge in [-0.1, -0.05) is 17.7 Å². The van der Waals surface area contributed by atoms with Crippen LogP contribution in [0.3, 0.4) is 0 Å². The average Bonchev–Trinajstić information content (AvgIpc) is 3.19. The van der Waals surface area contributed by atoms with Crippen LogP contribution in [0.15, 0.2) is 12.1 Å². The first-order valence-corrected chi connectivity index (χ1v) is 7.70. The van der Waals surface area contributed by atoms with Crippen LogP contribution >= 0.6 is 0 Å². The second kappa shape index (κ2) is 6.58. The highest BCUT2D eigenvalue weighted by Crippen LogP contribution is 2.34. The molecule has 0 aliphatic heterocycles. The predicted molar refractivity (Wildman–Crippen MR) is 87.5 cm³/mol. The van der Waals surface area contributed by atoms with Crippen molar-refractivity contribution < 1.29 is 4.79 Å². The third kappa shape index (κ3) is 4.05. The Labute approximate surface area is 127 Å². The van der Waals surface area contributed by atoms with E-state index < -0.39 is 0 Å². The molecule has 0 aromatic heterocycles. The van der Waals surface area contributed by atoms with Crippen molar-refractivity contribution in [1.29, 1.82) is 0 Å². The molecular weight excluding hydrogens is 262 g/mol. The van der Waals surface area contributed by atoms with Crippen LogP contribution < -0.4 is 11.1 Å². The van der Waals surface area contributed by atoms with Gasteiger partial charge in [0.1, 0.15) is 0 Å². The van der Waals surface area contributed by atoms with Crippen LogP contribution in [0.4, 0.5) is 5.69 Å². The van der Waals surface area contributed by atoms with Crippen LogP contribution in [0.1, 0.15) is 29.5 Å². The molecule has 1 aromatic rings. The molecule has 4 heteroatoms. The molecule has 2 rings (SSSR count). The Hall–Kier alpha value is -1.39. The lowest BCUT2D eigenvalue weighted by Gasteiger charge is -2.26. The normalized spacial score (nSPS) is 16.1. The van der Waals surface area contributed by atoms with E-state index in [0.717, 1.165) is 16.8 Å². The summed E-state index contributed by atoms with van der Waals surface area (Å²) in [4.78, 5) is 14.4. The Balaban J connectivity index is 1.98. The van der Waals surface area contributed by atoms with Gasteiger partial charge in [0.2, 0.25) is 5.91 Å². The van der Waals surface area contributed by atoms with Crippen LogP contribution in [-0.2, 0) is 4.79 Å². The summed E-state index contributed by atoms with van der Waals surface area (Å²) >= 11 is 0. The largest absolute Gasteiger partial charge is 0.329 e. The number of carbonyl (C=O) groups is 1. The lowest BCUT2D eigenvalue weighted by Crippen LogP contribution is -2.43. The Morgan fingerprint density at radius 3 is 2.38 bits per heavy atom. The Morgan fingerprint density at radius 1 is 1.33 bits per heavy atom. The summed E-state index contributed by atoms with van der Waals surface area (Å²) < 4.78 is 0. The molecule has 1 fully saturated rings. The first kappa shape index (κ1) is 16.0. The monoisotopic (exact) mass is 289 g/mol. The molecule has 0 spiro atoms. The van der Waals surface area contributed by atoms with Gasteiger partial charge in [-0.3, -0.25) is 9.69 Å². The number of nitrogens with two attached hydrogens (primary N) is 1. The summed E-state index contributed by atoms with van der Waals surface area (Å²) in [6.07, 6.45) is 2.48. The number of nitrogens with one attached hydrogen (secondary N) is 1. The van der Waals surface area contributed by atoms with Crippen molar-refractivity contribution in [1.82, 2.24) is 4.90 Å². The number of nitrogens with zero attached hydrogens (tertiary/aromatic N) is 1. The quantitative estimate of drug-likeness (QED) is 0.844. The first-order chi connectivity index (χ1) is 9.92. The van der Waals surface area contributed by atoms with Crippen molar-refractivity contribution in [2.24, 2.45) is 11.7 Å². The molecule has 0 radical (unpaired) electrons. The fraction of sp³-hybridized carbons (Fsp3) is 0.588. The molecule has 1 atom stereocenters. The average molecular weight is 289 g/mol. The van der Waals surface area contributed by atoms with E-state index in [1.54, 1.807) is 0 Å². The number of anilines is 1. The minimum absolute atomic E-state index is 0.0339. The highest BCUT2D eigenvalue weighted by Gasteiger charge is 2.33. The number of rotatable bonds is 6. The molecule has 1 aromatic carbocycles. The maximum atomic E-state index is 12.3. The third-order valence-electron chi connectivity index (χ3n) is 4.31. The van der Waals surface area contributed by atoms with E-state index in [1.807, 2.05) is 20.9 Å². The molecule has 1 saturated carbocycles. The topological polar surface area (TPSA) is 58.4 Å². The van der Waals surface area contributed by atoms with E-state index in [1.165, 1.54) is 18.4 Å². The van der Waals surface area contributed by atoms with E-state index in [9.17, 15) is 4.79 Å². The fourth-order valence-corrected chi connectivity index (χ4v) is 3.11. The minimum atomic E-state index is 0.0339. The van der Waals surface area contributed by atoms with Crippen molar-refractivity contribution in [2.75, 3.05) is 25.5 Å². The number of aryl methyl sites for hydroxylation is 3. The lowest BCUT2D eigenvalue weighted by molar-refractivity contribution is -0.117. The maximum Gasteiger partial charge on any atom is 0.238 e. The highest BCUT2D eigenvalue weighted by molar-refractivity contribution is 5.93. The van der Waals surface area contributed by atoms with Crippen molar-refractivity contribution in [2.45, 2.75) is 39.7 Å². The van der Waals surface area contributed by atoms with Gasteiger partial charge in [0, 0.05) is 18.3 Å². The third-order valence-corrected chi connectivity index (χ3v) is 4.31. The highest BCUT2D eigenvalue weighted by atomic mass is 16.2. The summed E-state index contributed by atoms with van der Waals surface area (Å²) in [5.41, 5.74) is 10.2. The SMILES string of the molecule is Cc1cc(C)c(NC(=O)CN(C)C(CN)C2CC2)c(C)c1. The van der Waals surface area contributed by atoms with Crippen molar-refractivity contribution >= 4 is 11.6 Å². The summed E-state index contributed by atoms with van der Waals surface area (Å²) in [6, 6.07) is 4.52. The standard InChI is InChI=1S/C17H27N3O/c1-11-7-12(2)17(13(3)8-11)19-16(21)10-20(4)15(9-18)14-5-6-14/h7-8,14-15H,5-6,9-10,18H2,1-4H3,(H,19,21). The molecule has 0 bridgehead atoms. The molecule has 1 aliphatic carbocycles. The van der Waals surface area contributed by atoms with Gasteiger partial charge in [0.25, 0.3) is 0 Å². The lowest BCUT2D eigenvalue weighted by atomic mass is 10.1. The predicted octanol–water partition coefficient (Wildman–Crippen LogP) is 2.22. The van der Waals surface area contributed by atoms with E-state index in [0.29, 0.717) is 25.0 Å². The van der Waals surface area contributed by atoms with Crippen LogP contribution in [0.2, 0.25) is 0 Å². The second-order valence-electron chi connectivity index (χ2n) is 6.38. The van der Waals surface area contributed by atoms with Crippen LogP contribution in [0, 0.1) is 26.7 Å². The molecule has 0 saturated heterocycles. The van der Waals surface area contributed by atoms with Gasteiger partial charge < -0.3 is 11.1 Å². The smallest absolute Gasteiger partial charge is 0.238 e. The molecule has 116 valence electrons. The zero-order valence-electron chi connectivity index (χ0n) is 13.6. The second-order valence-corrected chi connectivity index (χ2v) is 6.38. The molecule has 21 heavy (non-hydrogen) atoms. The molecule has 0 heterocycles. The summed E-state index contributed by atoms with van der Waals surface area (Å²) in [5.74, 6) is 0.710. The number of benzene rings is 1. The summed E-state index contributed by atoms with van der Waals surface area (Å²) in [5, 5.41) is 3.05. The number of hydrogen-bond donors (Lipinski definition) is 2.